The van der Waals surface area contributed by atoms with Gasteiger partial charge in [0, 0.05) is 0 Å². The lowest BCUT2D eigenvalue weighted by Crippen LogP contribution is -2.19. The van der Waals surface area contributed by atoms with E-state index in [1.165, 1.54) is 0 Å². The number of hydrogen-bond acceptors (Lipinski definition) is 5. The SMILES string of the molecule is COC(=O)CC(=NN)C(=O)O. The van der Waals surface area contributed by atoms with Crippen molar-refractivity contribution < 1.29 is 19.4 Å². The van der Waals surface area contributed by atoms with Gasteiger partial charge >= 0.3 is 11.9 Å². The number of carbonyl (C=O) groups excluding carboxylic acids is 1. The number of rotatable bonds is 3. The van der Waals surface area contributed by atoms with Gasteiger partial charge in [0.1, 0.15) is 0 Å². The van der Waals surface area contributed by atoms with Gasteiger partial charge in [0.25, 0.3) is 0 Å². The second-order valence-corrected chi connectivity index (χ2v) is 1.63. The van der Waals surface area contributed by atoms with Crippen molar-refractivity contribution in [2.75, 3.05) is 7.11 Å². The number of carboxylic acids is 1. The molecule has 0 aliphatic rings. The summed E-state index contributed by atoms with van der Waals surface area (Å²) in [6.07, 6.45) is -0.414. The summed E-state index contributed by atoms with van der Waals surface area (Å²) in [5, 5.41) is 11.2. The molecule has 6 heteroatoms. The Morgan fingerprint density at radius 1 is 1.64 bits per heavy atom. The topological polar surface area (TPSA) is 102 Å². The zero-order chi connectivity index (χ0) is 8.85. The number of nitrogens with two attached hydrogens (primary N) is 1. The van der Waals surface area contributed by atoms with Crippen LogP contribution in [0.5, 0.6) is 0 Å². The third-order valence-corrected chi connectivity index (χ3v) is 0.942. The van der Waals surface area contributed by atoms with Crippen LogP contribution in [0.1, 0.15) is 6.42 Å². The summed E-state index contributed by atoms with van der Waals surface area (Å²) in [5.41, 5.74) is -0.420. The predicted octanol–water partition coefficient (Wildman–Crippen LogP) is -1.05. The van der Waals surface area contributed by atoms with Crippen LogP contribution < -0.4 is 5.84 Å². The number of aliphatic carboxylic acids is 1. The van der Waals surface area contributed by atoms with Gasteiger partial charge in [-0.05, 0) is 0 Å². The fraction of sp³-hybridized carbons (Fsp3) is 0.400. The second-order valence-electron chi connectivity index (χ2n) is 1.63. The summed E-state index contributed by atoms with van der Waals surface area (Å²) in [7, 11) is 1.15. The monoisotopic (exact) mass is 160 g/mol. The van der Waals surface area contributed by atoms with E-state index >= 15 is 0 Å². The van der Waals surface area contributed by atoms with E-state index in [2.05, 4.69) is 15.7 Å². The molecule has 0 aromatic carbocycles. The van der Waals surface area contributed by atoms with E-state index in [1.54, 1.807) is 0 Å². The minimum atomic E-state index is -1.32. The first-order valence-electron chi connectivity index (χ1n) is 2.68. The molecule has 0 amide bonds. The maximum absolute atomic E-state index is 10.5. The van der Waals surface area contributed by atoms with Crippen LogP contribution in [0, 0.1) is 0 Å². The van der Waals surface area contributed by atoms with Crippen LogP contribution in [0.4, 0.5) is 0 Å². The summed E-state index contributed by atoms with van der Waals surface area (Å²) in [6, 6.07) is 0. The van der Waals surface area contributed by atoms with Crippen LogP contribution in [0.25, 0.3) is 0 Å². The minimum Gasteiger partial charge on any atom is -0.477 e. The maximum atomic E-state index is 10.5. The van der Waals surface area contributed by atoms with Crippen molar-refractivity contribution in [3.63, 3.8) is 0 Å². The predicted molar refractivity (Wildman–Crippen MR) is 35.9 cm³/mol. The van der Waals surface area contributed by atoms with E-state index in [-0.39, 0.29) is 0 Å². The summed E-state index contributed by atoms with van der Waals surface area (Å²) >= 11 is 0. The molecule has 0 saturated carbocycles. The molecular formula is C5H8N2O4. The Kier molecular flexibility index (Phi) is 3.65. The Hall–Kier alpha value is -1.59. The molecular weight excluding hydrogens is 152 g/mol. The molecule has 62 valence electrons. The lowest BCUT2D eigenvalue weighted by molar-refractivity contribution is -0.140. The highest BCUT2D eigenvalue weighted by Gasteiger charge is 2.14. The summed E-state index contributed by atoms with van der Waals surface area (Å²) < 4.78 is 4.19. The average molecular weight is 160 g/mol. The number of methoxy groups -OCH3 is 1. The molecule has 0 fully saturated rings. The highest BCUT2D eigenvalue weighted by Crippen LogP contribution is 1.88. The number of hydrogen-bond donors (Lipinski definition) is 2. The lowest BCUT2D eigenvalue weighted by Gasteiger charge is -1.96. The van der Waals surface area contributed by atoms with E-state index in [1.807, 2.05) is 0 Å². The molecule has 0 aromatic rings. The molecule has 0 saturated heterocycles. The van der Waals surface area contributed by atoms with Crippen LogP contribution in [0.2, 0.25) is 0 Å². The first-order chi connectivity index (χ1) is 5.11. The zero-order valence-corrected chi connectivity index (χ0v) is 5.90. The molecule has 0 aliphatic carbocycles. The first-order valence-corrected chi connectivity index (χ1v) is 2.68. The van der Waals surface area contributed by atoms with Crippen molar-refractivity contribution in [3.05, 3.63) is 0 Å². The van der Waals surface area contributed by atoms with Gasteiger partial charge in [-0.15, -0.1) is 0 Å². The molecule has 0 rings (SSSR count). The van der Waals surface area contributed by atoms with Crippen molar-refractivity contribution in [2.45, 2.75) is 6.42 Å². The van der Waals surface area contributed by atoms with Crippen LogP contribution >= 0.6 is 0 Å². The number of carboxylic acid groups (broad SMARTS) is 1. The quantitative estimate of drug-likeness (QED) is 0.237. The molecule has 0 atom stereocenters. The van der Waals surface area contributed by atoms with Crippen molar-refractivity contribution >= 4 is 17.7 Å². The molecule has 0 spiro atoms. The molecule has 0 radical (unpaired) electrons. The van der Waals surface area contributed by atoms with E-state index in [0.29, 0.717) is 0 Å². The Morgan fingerprint density at radius 2 is 2.18 bits per heavy atom. The normalized spacial score (nSPS) is 10.8. The van der Waals surface area contributed by atoms with Crippen molar-refractivity contribution in [3.8, 4) is 0 Å². The van der Waals surface area contributed by atoms with Crippen LogP contribution in [-0.4, -0.2) is 29.9 Å². The zero-order valence-electron chi connectivity index (χ0n) is 5.90. The Labute approximate surface area is 62.6 Å². The Bertz CT molecular complexity index is 199. The molecule has 11 heavy (non-hydrogen) atoms. The van der Waals surface area contributed by atoms with Gasteiger partial charge in [-0.1, -0.05) is 0 Å². The largest absolute Gasteiger partial charge is 0.477 e. The van der Waals surface area contributed by atoms with Gasteiger partial charge in [0.15, 0.2) is 5.71 Å². The van der Waals surface area contributed by atoms with Crippen molar-refractivity contribution in [2.24, 2.45) is 10.9 Å². The summed E-state index contributed by atoms with van der Waals surface area (Å²) in [4.78, 5) is 20.6. The second kappa shape index (κ2) is 4.26. The van der Waals surface area contributed by atoms with Gasteiger partial charge in [-0.2, -0.15) is 5.10 Å². The molecule has 0 aliphatic heterocycles. The molecule has 6 nitrogen and oxygen atoms in total. The highest BCUT2D eigenvalue weighted by atomic mass is 16.5. The Morgan fingerprint density at radius 3 is 2.45 bits per heavy atom. The average Bonchev–Trinajstić information content (AvgIpc) is 1.99. The molecule has 0 heterocycles. The fourth-order valence-corrected chi connectivity index (χ4v) is 0.385. The molecule has 3 N–H and O–H groups in total. The van der Waals surface area contributed by atoms with Gasteiger partial charge in [0.05, 0.1) is 13.5 Å². The first kappa shape index (κ1) is 9.41. The third-order valence-electron chi connectivity index (χ3n) is 0.942. The molecule has 0 unspecified atom stereocenters. The number of nitrogens with zero attached hydrogens (tertiary/aromatic N) is 1. The summed E-state index contributed by atoms with van der Waals surface area (Å²) in [6.45, 7) is 0. The van der Waals surface area contributed by atoms with E-state index in [9.17, 15) is 9.59 Å². The van der Waals surface area contributed by atoms with Crippen LogP contribution in [0.3, 0.4) is 0 Å². The molecule has 0 bridgehead atoms. The van der Waals surface area contributed by atoms with E-state index in [4.69, 9.17) is 5.11 Å². The van der Waals surface area contributed by atoms with Gasteiger partial charge in [-0.25, -0.2) is 4.79 Å². The van der Waals surface area contributed by atoms with Gasteiger partial charge in [-0.3, -0.25) is 4.79 Å². The molecule has 0 aromatic heterocycles. The van der Waals surface area contributed by atoms with E-state index in [0.717, 1.165) is 7.11 Å². The minimum absolute atomic E-state index is 0.414. The maximum Gasteiger partial charge on any atom is 0.352 e. The lowest BCUT2D eigenvalue weighted by atomic mass is 10.3. The highest BCUT2D eigenvalue weighted by molar-refractivity contribution is 6.38. The fourth-order valence-electron chi connectivity index (χ4n) is 0.385. The van der Waals surface area contributed by atoms with Crippen molar-refractivity contribution in [1.82, 2.24) is 0 Å². The smallest absolute Gasteiger partial charge is 0.352 e. The standard InChI is InChI=1S/C5H8N2O4/c1-11-4(8)2-3(7-6)5(9)10/h2,6H2,1H3,(H,9,10). The number of ether oxygens (including phenoxy) is 1. The number of hydrazone groups is 1. The third kappa shape index (κ3) is 3.19. The number of esters is 1. The van der Waals surface area contributed by atoms with E-state index < -0.39 is 24.1 Å². The Balaban J connectivity index is 4.12. The van der Waals surface area contributed by atoms with Crippen LogP contribution in [0.15, 0.2) is 5.10 Å². The number of carbonyl (C=O) groups is 2. The van der Waals surface area contributed by atoms with Crippen LogP contribution in [-0.2, 0) is 14.3 Å². The van der Waals surface area contributed by atoms with Gasteiger partial charge in [0.2, 0.25) is 0 Å². The van der Waals surface area contributed by atoms with Crippen molar-refractivity contribution in [1.29, 1.82) is 0 Å². The van der Waals surface area contributed by atoms with Gasteiger partial charge < -0.3 is 15.7 Å². The summed E-state index contributed by atoms with van der Waals surface area (Å²) in [5.74, 6) is 2.67.